The van der Waals surface area contributed by atoms with Crippen LogP contribution in [0.2, 0.25) is 10.0 Å². The summed E-state index contributed by atoms with van der Waals surface area (Å²) in [5, 5.41) is 0.898. The third-order valence-corrected chi connectivity index (χ3v) is 2.71. The Labute approximate surface area is 101 Å². The van der Waals surface area contributed by atoms with Gasteiger partial charge in [-0.25, -0.2) is 8.78 Å². The van der Waals surface area contributed by atoms with Crippen molar-refractivity contribution in [1.29, 1.82) is 0 Å². The minimum Gasteiger partial charge on any atom is -0.204 e. The van der Waals surface area contributed by atoms with E-state index in [1.807, 2.05) is 0 Å². The highest BCUT2D eigenvalue weighted by Crippen LogP contribution is 2.30. The summed E-state index contributed by atoms with van der Waals surface area (Å²) in [7, 11) is 0. The number of halogens is 4. The molecule has 2 rings (SSSR count). The second kappa shape index (κ2) is 4.40. The molecule has 82 valence electrons. The Morgan fingerprint density at radius 3 is 2.19 bits per heavy atom. The zero-order chi connectivity index (χ0) is 11.7. The van der Waals surface area contributed by atoms with Gasteiger partial charge in [-0.2, -0.15) is 0 Å². The largest absolute Gasteiger partial charge is 0.204 e. The fraction of sp³-hybridized carbons (Fsp3) is 0. The second-order valence-electron chi connectivity index (χ2n) is 3.25. The number of benzene rings is 2. The van der Waals surface area contributed by atoms with E-state index in [0.29, 0.717) is 21.2 Å². The molecule has 0 bridgehead atoms. The van der Waals surface area contributed by atoms with Gasteiger partial charge in [0, 0.05) is 15.6 Å². The van der Waals surface area contributed by atoms with Gasteiger partial charge in [-0.05, 0) is 29.8 Å². The van der Waals surface area contributed by atoms with Gasteiger partial charge in [0.15, 0.2) is 11.6 Å². The summed E-state index contributed by atoms with van der Waals surface area (Å²) in [6.07, 6.45) is 0. The predicted octanol–water partition coefficient (Wildman–Crippen LogP) is 4.94. The minimum atomic E-state index is -0.900. The monoisotopic (exact) mass is 258 g/mol. The molecule has 0 heterocycles. The van der Waals surface area contributed by atoms with Crippen LogP contribution in [-0.4, -0.2) is 0 Å². The van der Waals surface area contributed by atoms with Gasteiger partial charge in [0.25, 0.3) is 0 Å². The zero-order valence-corrected chi connectivity index (χ0v) is 9.49. The van der Waals surface area contributed by atoms with E-state index in [4.69, 9.17) is 23.2 Å². The van der Waals surface area contributed by atoms with Crippen molar-refractivity contribution in [2.24, 2.45) is 0 Å². The molecule has 0 fully saturated rings. The van der Waals surface area contributed by atoms with Gasteiger partial charge in [0.2, 0.25) is 0 Å². The van der Waals surface area contributed by atoms with Crippen LogP contribution >= 0.6 is 23.2 Å². The van der Waals surface area contributed by atoms with Gasteiger partial charge in [-0.15, -0.1) is 0 Å². The van der Waals surface area contributed by atoms with E-state index < -0.39 is 11.6 Å². The summed E-state index contributed by atoms with van der Waals surface area (Å²) in [6, 6.07) is 8.49. The Morgan fingerprint density at radius 1 is 0.812 bits per heavy atom. The van der Waals surface area contributed by atoms with Crippen molar-refractivity contribution in [1.82, 2.24) is 0 Å². The van der Waals surface area contributed by atoms with Crippen LogP contribution in [0.1, 0.15) is 0 Å². The van der Waals surface area contributed by atoms with Crippen molar-refractivity contribution in [3.05, 3.63) is 58.1 Å². The molecule has 0 aliphatic rings. The second-order valence-corrected chi connectivity index (χ2v) is 4.10. The maximum absolute atomic E-state index is 13.0. The first-order chi connectivity index (χ1) is 7.58. The first kappa shape index (κ1) is 11.4. The smallest absolute Gasteiger partial charge is 0.159 e. The highest BCUT2D eigenvalue weighted by molar-refractivity contribution is 6.36. The van der Waals surface area contributed by atoms with Crippen LogP contribution in [0.5, 0.6) is 0 Å². The molecule has 0 radical (unpaired) electrons. The molecule has 0 spiro atoms. The maximum atomic E-state index is 13.0. The van der Waals surface area contributed by atoms with Gasteiger partial charge in [0.05, 0.1) is 0 Å². The van der Waals surface area contributed by atoms with E-state index in [0.717, 1.165) is 12.1 Å². The molecule has 0 atom stereocenters. The molecule has 16 heavy (non-hydrogen) atoms. The van der Waals surface area contributed by atoms with E-state index in [9.17, 15) is 8.78 Å². The molecular formula is C12H6Cl2F2. The number of hydrogen-bond donors (Lipinski definition) is 0. The van der Waals surface area contributed by atoms with Crippen molar-refractivity contribution < 1.29 is 8.78 Å². The number of hydrogen-bond acceptors (Lipinski definition) is 0. The van der Waals surface area contributed by atoms with E-state index in [1.165, 1.54) is 6.07 Å². The highest BCUT2D eigenvalue weighted by atomic mass is 35.5. The Bertz CT molecular complexity index is 539. The Hall–Kier alpha value is -1.12. The Morgan fingerprint density at radius 2 is 1.56 bits per heavy atom. The summed E-state index contributed by atoms with van der Waals surface area (Å²) < 4.78 is 25.8. The molecule has 2 aromatic carbocycles. The summed E-state index contributed by atoms with van der Waals surface area (Å²) in [4.78, 5) is 0. The molecule has 0 unspecified atom stereocenters. The maximum Gasteiger partial charge on any atom is 0.159 e. The fourth-order valence-electron chi connectivity index (χ4n) is 1.39. The molecule has 0 aromatic heterocycles. The molecular weight excluding hydrogens is 253 g/mol. The van der Waals surface area contributed by atoms with Gasteiger partial charge in [-0.1, -0.05) is 35.3 Å². The van der Waals surface area contributed by atoms with Crippen molar-refractivity contribution in [2.45, 2.75) is 0 Å². The highest BCUT2D eigenvalue weighted by Gasteiger charge is 2.07. The third kappa shape index (κ3) is 2.18. The van der Waals surface area contributed by atoms with Crippen LogP contribution in [0.25, 0.3) is 11.1 Å². The van der Waals surface area contributed by atoms with Crippen molar-refractivity contribution in [3.63, 3.8) is 0 Å². The van der Waals surface area contributed by atoms with Gasteiger partial charge in [-0.3, -0.25) is 0 Å². The quantitative estimate of drug-likeness (QED) is 0.680. The van der Waals surface area contributed by atoms with E-state index in [-0.39, 0.29) is 0 Å². The van der Waals surface area contributed by atoms with Crippen LogP contribution in [0.15, 0.2) is 36.4 Å². The Balaban J connectivity index is 2.54. The lowest BCUT2D eigenvalue weighted by molar-refractivity contribution is 0.509. The minimum absolute atomic E-state index is 0.401. The van der Waals surface area contributed by atoms with Crippen molar-refractivity contribution in [3.8, 4) is 11.1 Å². The lowest BCUT2D eigenvalue weighted by Gasteiger charge is -2.05. The van der Waals surface area contributed by atoms with E-state index in [2.05, 4.69) is 0 Å². The molecule has 0 aliphatic carbocycles. The number of rotatable bonds is 1. The van der Waals surface area contributed by atoms with Crippen molar-refractivity contribution >= 4 is 23.2 Å². The Kier molecular flexibility index (Phi) is 3.13. The fourth-order valence-corrected chi connectivity index (χ4v) is 1.90. The predicted molar refractivity (Wildman–Crippen MR) is 61.8 cm³/mol. The van der Waals surface area contributed by atoms with Gasteiger partial charge < -0.3 is 0 Å². The molecule has 4 heteroatoms. The average molecular weight is 259 g/mol. The van der Waals surface area contributed by atoms with Crippen LogP contribution in [0.4, 0.5) is 8.78 Å². The first-order valence-electron chi connectivity index (χ1n) is 4.48. The van der Waals surface area contributed by atoms with E-state index >= 15 is 0 Å². The van der Waals surface area contributed by atoms with Crippen LogP contribution in [0.3, 0.4) is 0 Å². The molecule has 0 N–H and O–H groups in total. The summed E-state index contributed by atoms with van der Waals surface area (Å²) in [6.45, 7) is 0. The molecule has 0 saturated heterocycles. The summed E-state index contributed by atoms with van der Waals surface area (Å²) in [5.41, 5.74) is 1.13. The normalized spacial score (nSPS) is 10.5. The van der Waals surface area contributed by atoms with Crippen LogP contribution < -0.4 is 0 Å². The van der Waals surface area contributed by atoms with Crippen LogP contribution in [-0.2, 0) is 0 Å². The first-order valence-corrected chi connectivity index (χ1v) is 5.24. The lowest BCUT2D eigenvalue weighted by atomic mass is 10.1. The summed E-state index contributed by atoms with van der Waals surface area (Å²) in [5.74, 6) is -1.78. The molecule has 2 aromatic rings. The van der Waals surface area contributed by atoms with E-state index in [1.54, 1.807) is 18.2 Å². The topological polar surface area (TPSA) is 0 Å². The van der Waals surface area contributed by atoms with Gasteiger partial charge >= 0.3 is 0 Å². The third-order valence-electron chi connectivity index (χ3n) is 2.16. The molecule has 0 saturated carbocycles. The SMILES string of the molecule is Fc1ccc(-c2ccc(Cl)cc2Cl)cc1F. The molecule has 0 aliphatic heterocycles. The summed E-state index contributed by atoms with van der Waals surface area (Å²) >= 11 is 11.7. The van der Waals surface area contributed by atoms with Crippen LogP contribution in [0, 0.1) is 11.6 Å². The average Bonchev–Trinajstić information content (AvgIpc) is 2.22. The van der Waals surface area contributed by atoms with Crippen molar-refractivity contribution in [2.75, 3.05) is 0 Å². The zero-order valence-electron chi connectivity index (χ0n) is 7.98. The lowest BCUT2D eigenvalue weighted by Crippen LogP contribution is -1.86. The standard InChI is InChI=1S/C12H6Cl2F2/c13-8-2-3-9(10(14)6-8)7-1-4-11(15)12(16)5-7/h1-6H. The molecule has 0 amide bonds. The molecule has 0 nitrogen and oxygen atoms in total. The van der Waals surface area contributed by atoms with Gasteiger partial charge in [0.1, 0.15) is 0 Å².